The molecule has 2 aromatic carbocycles. The number of hydrogen-bond donors (Lipinski definition) is 0. The standard InChI is InChI=1S/C22H23N3O3S/c1-22(2,3)16-11-9-15(10-12-16)19-23-24-20(28-19)29-14-6-13-25-17-7-4-5-8-18(17)27-21(25)26/h4-5,7-12H,6,13-14H2,1-3H3. The number of oxazole rings is 1. The van der Waals surface area contributed by atoms with Crippen molar-refractivity contribution in [1.82, 2.24) is 14.8 Å². The normalized spacial score (nSPS) is 12.0. The van der Waals surface area contributed by atoms with Crippen LogP contribution in [0.15, 0.2) is 67.4 Å². The lowest BCUT2D eigenvalue weighted by atomic mass is 9.87. The lowest BCUT2D eigenvalue weighted by Gasteiger charge is -2.18. The maximum absolute atomic E-state index is 12.0. The minimum absolute atomic E-state index is 0.108. The summed E-state index contributed by atoms with van der Waals surface area (Å²) in [7, 11) is 0. The van der Waals surface area contributed by atoms with E-state index in [0.29, 0.717) is 23.2 Å². The highest BCUT2D eigenvalue weighted by molar-refractivity contribution is 7.99. The summed E-state index contributed by atoms with van der Waals surface area (Å²) < 4.78 is 12.7. The predicted molar refractivity (Wildman–Crippen MR) is 114 cm³/mol. The zero-order chi connectivity index (χ0) is 20.4. The average Bonchev–Trinajstić information content (AvgIpc) is 3.29. The molecule has 0 aliphatic heterocycles. The molecule has 150 valence electrons. The number of benzene rings is 2. The zero-order valence-electron chi connectivity index (χ0n) is 16.7. The van der Waals surface area contributed by atoms with Gasteiger partial charge in [0.15, 0.2) is 5.58 Å². The van der Waals surface area contributed by atoms with E-state index >= 15 is 0 Å². The van der Waals surface area contributed by atoms with Gasteiger partial charge in [0.25, 0.3) is 5.22 Å². The lowest BCUT2D eigenvalue weighted by Crippen LogP contribution is -2.14. The predicted octanol–water partition coefficient (Wildman–Crippen LogP) is 5.12. The number of hydrogen-bond acceptors (Lipinski definition) is 6. The molecular formula is C22H23N3O3S. The van der Waals surface area contributed by atoms with Crippen molar-refractivity contribution in [2.75, 3.05) is 5.75 Å². The van der Waals surface area contributed by atoms with Crippen molar-refractivity contribution in [3.05, 3.63) is 64.6 Å². The number of aryl methyl sites for hydroxylation is 1. The summed E-state index contributed by atoms with van der Waals surface area (Å²) in [6, 6.07) is 15.7. The second kappa shape index (κ2) is 7.91. The van der Waals surface area contributed by atoms with E-state index in [1.54, 1.807) is 10.6 Å². The highest BCUT2D eigenvalue weighted by Crippen LogP contribution is 2.27. The van der Waals surface area contributed by atoms with Crippen LogP contribution in [-0.2, 0) is 12.0 Å². The second-order valence-electron chi connectivity index (χ2n) is 7.89. The van der Waals surface area contributed by atoms with Gasteiger partial charge in [-0.25, -0.2) is 4.79 Å². The van der Waals surface area contributed by atoms with Gasteiger partial charge in [-0.05, 0) is 41.7 Å². The first-order valence-electron chi connectivity index (χ1n) is 9.57. The van der Waals surface area contributed by atoms with Crippen molar-refractivity contribution >= 4 is 22.9 Å². The van der Waals surface area contributed by atoms with E-state index in [4.69, 9.17) is 8.83 Å². The Kier molecular flexibility index (Phi) is 5.32. The fraction of sp³-hybridized carbons (Fsp3) is 0.318. The molecule has 0 saturated heterocycles. The third kappa shape index (κ3) is 4.29. The third-order valence-electron chi connectivity index (χ3n) is 4.73. The van der Waals surface area contributed by atoms with Gasteiger partial charge in [0.1, 0.15) is 0 Å². The van der Waals surface area contributed by atoms with Crippen molar-refractivity contribution in [3.8, 4) is 11.5 Å². The first-order chi connectivity index (χ1) is 13.9. The van der Waals surface area contributed by atoms with Gasteiger partial charge in [0.05, 0.1) is 5.52 Å². The van der Waals surface area contributed by atoms with Crippen LogP contribution < -0.4 is 5.76 Å². The molecule has 7 heteroatoms. The summed E-state index contributed by atoms with van der Waals surface area (Å²) in [4.78, 5) is 12.0. The smallest absolute Gasteiger partial charge is 0.411 e. The van der Waals surface area contributed by atoms with E-state index in [0.717, 1.165) is 23.3 Å². The number of rotatable bonds is 6. The van der Waals surface area contributed by atoms with E-state index < -0.39 is 0 Å². The molecule has 0 spiro atoms. The maximum atomic E-state index is 12.0. The fourth-order valence-corrected chi connectivity index (χ4v) is 3.79. The fourth-order valence-electron chi connectivity index (χ4n) is 3.11. The Bertz CT molecular complexity index is 1170. The van der Waals surface area contributed by atoms with Crippen molar-refractivity contribution in [1.29, 1.82) is 0 Å². The van der Waals surface area contributed by atoms with Crippen molar-refractivity contribution in [2.45, 2.75) is 44.4 Å². The molecule has 0 atom stereocenters. The Labute approximate surface area is 172 Å². The summed E-state index contributed by atoms with van der Waals surface area (Å²) in [5.41, 5.74) is 3.72. The molecule has 0 aliphatic carbocycles. The SMILES string of the molecule is CC(C)(C)c1ccc(-c2nnc(SCCCn3c(=O)oc4ccccc43)o2)cc1. The number of aromatic nitrogens is 3. The molecule has 4 rings (SSSR count). The van der Waals surface area contributed by atoms with Gasteiger partial charge in [-0.15, -0.1) is 10.2 Å². The molecule has 29 heavy (non-hydrogen) atoms. The van der Waals surface area contributed by atoms with E-state index in [2.05, 4.69) is 43.1 Å². The first kappa shape index (κ1) is 19.5. The van der Waals surface area contributed by atoms with Gasteiger partial charge in [-0.1, -0.05) is 56.8 Å². The summed E-state index contributed by atoms with van der Waals surface area (Å²) in [5.74, 6) is 0.955. The molecule has 6 nitrogen and oxygen atoms in total. The number of fused-ring (bicyclic) bond motifs is 1. The Morgan fingerprint density at radius 3 is 2.52 bits per heavy atom. The molecule has 4 aromatic rings. The summed E-state index contributed by atoms with van der Waals surface area (Å²) >= 11 is 1.49. The second-order valence-corrected chi connectivity index (χ2v) is 8.94. The Balaban J connectivity index is 1.35. The monoisotopic (exact) mass is 409 g/mol. The summed E-state index contributed by atoms with van der Waals surface area (Å²) in [6.07, 6.45) is 0.784. The number of para-hydroxylation sites is 2. The van der Waals surface area contributed by atoms with E-state index in [-0.39, 0.29) is 11.2 Å². The minimum Gasteiger partial charge on any atom is -0.411 e. The molecule has 0 saturated carbocycles. The Hall–Kier alpha value is -2.80. The quantitative estimate of drug-likeness (QED) is 0.325. The van der Waals surface area contributed by atoms with Crippen LogP contribution >= 0.6 is 11.8 Å². The van der Waals surface area contributed by atoms with Crippen LogP contribution in [0, 0.1) is 0 Å². The summed E-state index contributed by atoms with van der Waals surface area (Å²) in [5, 5.41) is 8.81. The molecule has 0 aliphatic rings. The topological polar surface area (TPSA) is 74.1 Å². The molecule has 2 heterocycles. The first-order valence-corrected chi connectivity index (χ1v) is 10.6. The van der Waals surface area contributed by atoms with Crippen LogP contribution in [-0.4, -0.2) is 20.5 Å². The highest BCUT2D eigenvalue weighted by Gasteiger charge is 2.15. The molecule has 0 fully saturated rings. The molecule has 2 aromatic heterocycles. The van der Waals surface area contributed by atoms with Gasteiger partial charge >= 0.3 is 5.76 Å². The molecular weight excluding hydrogens is 386 g/mol. The van der Waals surface area contributed by atoms with Crippen LogP contribution in [0.2, 0.25) is 0 Å². The van der Waals surface area contributed by atoms with Crippen LogP contribution in [0.4, 0.5) is 0 Å². The van der Waals surface area contributed by atoms with Gasteiger partial charge in [-0.3, -0.25) is 4.57 Å². The molecule has 0 N–H and O–H groups in total. The number of thioether (sulfide) groups is 1. The highest BCUT2D eigenvalue weighted by atomic mass is 32.2. The van der Waals surface area contributed by atoms with Crippen molar-refractivity contribution < 1.29 is 8.83 Å². The van der Waals surface area contributed by atoms with Gasteiger partial charge in [0, 0.05) is 17.9 Å². The van der Waals surface area contributed by atoms with Crippen LogP contribution in [0.5, 0.6) is 0 Å². The van der Waals surface area contributed by atoms with Gasteiger partial charge < -0.3 is 8.83 Å². The number of nitrogens with zero attached hydrogens (tertiary/aromatic N) is 3. The van der Waals surface area contributed by atoms with Crippen LogP contribution in [0.3, 0.4) is 0 Å². The average molecular weight is 410 g/mol. The lowest BCUT2D eigenvalue weighted by molar-refractivity contribution is 0.465. The van der Waals surface area contributed by atoms with Gasteiger partial charge in [0.2, 0.25) is 5.89 Å². The summed E-state index contributed by atoms with van der Waals surface area (Å²) in [6.45, 7) is 7.13. The van der Waals surface area contributed by atoms with Gasteiger partial charge in [-0.2, -0.15) is 0 Å². The van der Waals surface area contributed by atoms with Crippen molar-refractivity contribution in [2.24, 2.45) is 0 Å². The van der Waals surface area contributed by atoms with E-state index in [1.807, 2.05) is 30.3 Å². The van der Waals surface area contributed by atoms with Crippen LogP contribution in [0.25, 0.3) is 22.6 Å². The third-order valence-corrected chi connectivity index (χ3v) is 5.63. The molecule has 0 unspecified atom stereocenters. The largest absolute Gasteiger partial charge is 0.419 e. The maximum Gasteiger partial charge on any atom is 0.419 e. The van der Waals surface area contributed by atoms with E-state index in [1.165, 1.54) is 17.3 Å². The molecule has 0 bridgehead atoms. The Morgan fingerprint density at radius 1 is 1.00 bits per heavy atom. The van der Waals surface area contributed by atoms with E-state index in [9.17, 15) is 4.79 Å². The van der Waals surface area contributed by atoms with Crippen molar-refractivity contribution in [3.63, 3.8) is 0 Å². The molecule has 0 amide bonds. The Morgan fingerprint density at radius 2 is 1.76 bits per heavy atom. The minimum atomic E-state index is -0.324. The molecule has 0 radical (unpaired) electrons. The van der Waals surface area contributed by atoms with Crippen LogP contribution in [0.1, 0.15) is 32.8 Å². The zero-order valence-corrected chi connectivity index (χ0v) is 17.5.